The van der Waals surface area contributed by atoms with Gasteiger partial charge in [-0.25, -0.2) is 4.52 Å². The maximum absolute atomic E-state index is 12.6. The Hall–Kier alpha value is -3.18. The van der Waals surface area contributed by atoms with Crippen LogP contribution >= 0.6 is 0 Å². The molecule has 5 nitrogen and oxygen atoms in total. The number of carbonyl (C=O) groups is 1. The van der Waals surface area contributed by atoms with Crippen molar-refractivity contribution in [2.24, 2.45) is 5.92 Å². The van der Waals surface area contributed by atoms with Gasteiger partial charge in [0.1, 0.15) is 0 Å². The lowest BCUT2D eigenvalue weighted by atomic mass is 9.90. The summed E-state index contributed by atoms with van der Waals surface area (Å²) in [5.41, 5.74) is 8.96. The van der Waals surface area contributed by atoms with Gasteiger partial charge in [0, 0.05) is 43.4 Å². The molecular weight excluding hydrogens is 468 g/mol. The molecule has 0 spiro atoms. The summed E-state index contributed by atoms with van der Waals surface area (Å²) in [5, 5.41) is 8.20. The van der Waals surface area contributed by atoms with Crippen LogP contribution in [-0.2, 0) is 4.79 Å². The summed E-state index contributed by atoms with van der Waals surface area (Å²) in [4.78, 5) is 15.1. The lowest BCUT2D eigenvalue weighted by Crippen LogP contribution is -2.30. The van der Waals surface area contributed by atoms with E-state index in [0.717, 1.165) is 57.4 Å². The summed E-state index contributed by atoms with van der Waals surface area (Å²) >= 11 is 0. The number of anilines is 1. The predicted molar refractivity (Wildman–Crippen MR) is 156 cm³/mol. The molecule has 2 unspecified atom stereocenters. The van der Waals surface area contributed by atoms with Gasteiger partial charge in [-0.3, -0.25) is 4.79 Å². The molecule has 3 aliphatic rings. The number of ketones is 1. The minimum Gasteiger partial charge on any atom is -0.369 e. The minimum atomic E-state index is 0.278. The standard InChI is InChI=1S/C33H40N4O/c1-2-5-24-18-29-22-36(17-4-7-28(29)20-31(38)19-24)32-13-16-35-37-23-30(21-33(32)37)27-10-8-26(9-11-27)25-6-3-14-34-15-12-25/h7-11,13,16,19,21,23,25,29,34H,2-6,12,14-15,17-18,20,22H2,1H3. The third-order valence-electron chi connectivity index (χ3n) is 8.71. The van der Waals surface area contributed by atoms with Crippen molar-refractivity contribution in [1.82, 2.24) is 14.9 Å². The van der Waals surface area contributed by atoms with Crippen LogP contribution in [0.5, 0.6) is 0 Å². The zero-order valence-corrected chi connectivity index (χ0v) is 22.7. The van der Waals surface area contributed by atoms with Gasteiger partial charge in [0.05, 0.1) is 11.2 Å². The second-order valence-electron chi connectivity index (χ2n) is 11.4. The van der Waals surface area contributed by atoms with Crippen molar-refractivity contribution in [3.63, 3.8) is 0 Å². The largest absolute Gasteiger partial charge is 0.369 e. The predicted octanol–water partition coefficient (Wildman–Crippen LogP) is 6.70. The van der Waals surface area contributed by atoms with E-state index in [1.165, 1.54) is 52.8 Å². The number of rotatable bonds is 5. The van der Waals surface area contributed by atoms with Gasteiger partial charge in [0.25, 0.3) is 0 Å². The first-order chi connectivity index (χ1) is 18.7. The summed E-state index contributed by atoms with van der Waals surface area (Å²) in [6, 6.07) is 13.7. The fourth-order valence-corrected chi connectivity index (χ4v) is 6.75. The van der Waals surface area contributed by atoms with E-state index in [1.807, 2.05) is 16.8 Å². The molecule has 1 aliphatic carbocycles. The number of benzene rings is 1. The molecule has 2 aliphatic heterocycles. The molecule has 38 heavy (non-hydrogen) atoms. The van der Waals surface area contributed by atoms with Crippen LogP contribution in [0, 0.1) is 5.92 Å². The fourth-order valence-electron chi connectivity index (χ4n) is 6.75. The van der Waals surface area contributed by atoms with Crippen LogP contribution in [0.2, 0.25) is 0 Å². The van der Waals surface area contributed by atoms with Crippen LogP contribution in [0.4, 0.5) is 5.69 Å². The molecule has 1 saturated heterocycles. The number of allylic oxidation sites excluding steroid dienone is 2. The molecule has 0 saturated carbocycles. The summed E-state index contributed by atoms with van der Waals surface area (Å²) in [6.07, 6.45) is 16.8. The van der Waals surface area contributed by atoms with Gasteiger partial charge in [-0.05, 0) is 86.9 Å². The molecule has 0 radical (unpaired) electrons. The first-order valence-electron chi connectivity index (χ1n) is 14.6. The molecule has 0 amide bonds. The topological polar surface area (TPSA) is 49.6 Å². The van der Waals surface area contributed by atoms with Gasteiger partial charge in [0.2, 0.25) is 0 Å². The maximum Gasteiger partial charge on any atom is 0.159 e. The molecule has 4 heterocycles. The van der Waals surface area contributed by atoms with E-state index in [0.29, 0.717) is 18.3 Å². The lowest BCUT2D eigenvalue weighted by Gasteiger charge is -2.28. The van der Waals surface area contributed by atoms with Crippen LogP contribution in [-0.4, -0.2) is 41.6 Å². The lowest BCUT2D eigenvalue weighted by molar-refractivity contribution is -0.114. The van der Waals surface area contributed by atoms with Gasteiger partial charge in [-0.2, -0.15) is 5.10 Å². The molecule has 1 fully saturated rings. The Kier molecular flexibility index (Phi) is 7.46. The average molecular weight is 509 g/mol. The van der Waals surface area contributed by atoms with Crippen molar-refractivity contribution in [2.75, 3.05) is 31.1 Å². The Morgan fingerprint density at radius 1 is 1.05 bits per heavy atom. The molecule has 6 rings (SSSR count). The second kappa shape index (κ2) is 11.3. The zero-order valence-electron chi connectivity index (χ0n) is 22.7. The highest BCUT2D eigenvalue weighted by Gasteiger charge is 2.27. The van der Waals surface area contributed by atoms with Crippen molar-refractivity contribution in [2.45, 2.75) is 64.2 Å². The minimum absolute atomic E-state index is 0.278. The number of hydrogen-bond acceptors (Lipinski definition) is 4. The Balaban J connectivity index is 1.25. The SMILES string of the molecule is CCCC1=CC(=O)CC2=CCCN(c3ccnn4cc(-c5ccc(C6CCCNCC6)cc5)cc34)CC2C1. The summed E-state index contributed by atoms with van der Waals surface area (Å²) < 4.78 is 2.04. The number of fused-ring (bicyclic) bond motifs is 2. The van der Waals surface area contributed by atoms with Gasteiger partial charge in [-0.1, -0.05) is 54.8 Å². The zero-order chi connectivity index (χ0) is 25.9. The van der Waals surface area contributed by atoms with E-state index >= 15 is 0 Å². The average Bonchev–Trinajstić information content (AvgIpc) is 3.04. The van der Waals surface area contributed by atoms with E-state index in [4.69, 9.17) is 0 Å². The first-order valence-corrected chi connectivity index (χ1v) is 14.6. The third-order valence-corrected chi connectivity index (χ3v) is 8.71. The Morgan fingerprint density at radius 3 is 2.82 bits per heavy atom. The number of hydrogen-bond donors (Lipinski definition) is 1. The number of nitrogens with zero attached hydrogens (tertiary/aromatic N) is 3. The highest BCUT2D eigenvalue weighted by molar-refractivity contribution is 5.92. The molecule has 198 valence electrons. The van der Waals surface area contributed by atoms with Gasteiger partial charge in [0.15, 0.2) is 5.78 Å². The van der Waals surface area contributed by atoms with Crippen LogP contribution in [0.15, 0.2) is 72.1 Å². The van der Waals surface area contributed by atoms with Crippen molar-refractivity contribution >= 4 is 17.0 Å². The monoisotopic (exact) mass is 508 g/mol. The summed E-state index contributed by atoms with van der Waals surface area (Å²) in [7, 11) is 0. The molecule has 3 aromatic rings. The quantitative estimate of drug-likeness (QED) is 0.390. The van der Waals surface area contributed by atoms with Crippen LogP contribution in [0.25, 0.3) is 16.6 Å². The normalized spacial score (nSPS) is 22.8. The van der Waals surface area contributed by atoms with Gasteiger partial charge in [-0.15, -0.1) is 0 Å². The molecule has 1 N–H and O–H groups in total. The molecule has 2 aromatic heterocycles. The number of nitrogens with one attached hydrogen (secondary N) is 1. The second-order valence-corrected chi connectivity index (χ2v) is 11.4. The van der Waals surface area contributed by atoms with Gasteiger partial charge >= 0.3 is 0 Å². The van der Waals surface area contributed by atoms with Crippen molar-refractivity contribution < 1.29 is 4.79 Å². The van der Waals surface area contributed by atoms with E-state index in [-0.39, 0.29) is 5.78 Å². The maximum atomic E-state index is 12.6. The summed E-state index contributed by atoms with van der Waals surface area (Å²) in [5.74, 6) is 1.34. The van der Waals surface area contributed by atoms with E-state index < -0.39 is 0 Å². The van der Waals surface area contributed by atoms with Gasteiger partial charge < -0.3 is 10.2 Å². The highest BCUT2D eigenvalue weighted by atomic mass is 16.1. The van der Waals surface area contributed by atoms with E-state index in [9.17, 15) is 4.79 Å². The van der Waals surface area contributed by atoms with Crippen molar-refractivity contribution in [1.29, 1.82) is 0 Å². The Morgan fingerprint density at radius 2 is 1.95 bits per heavy atom. The fraction of sp³-hybridized carbons (Fsp3) is 0.455. The summed E-state index contributed by atoms with van der Waals surface area (Å²) in [6.45, 7) is 6.38. The Bertz CT molecular complexity index is 1340. The smallest absolute Gasteiger partial charge is 0.159 e. The molecular formula is C33H40N4O. The molecule has 1 aromatic carbocycles. The number of carbonyl (C=O) groups excluding carboxylic acids is 1. The van der Waals surface area contributed by atoms with E-state index in [2.05, 4.69) is 70.9 Å². The highest BCUT2D eigenvalue weighted by Crippen LogP contribution is 2.36. The van der Waals surface area contributed by atoms with Crippen molar-refractivity contribution in [3.05, 3.63) is 77.7 Å². The number of aromatic nitrogens is 2. The molecule has 5 heteroatoms. The van der Waals surface area contributed by atoms with E-state index in [1.54, 1.807) is 0 Å². The van der Waals surface area contributed by atoms with Crippen LogP contribution < -0.4 is 10.2 Å². The van der Waals surface area contributed by atoms with Crippen molar-refractivity contribution in [3.8, 4) is 11.1 Å². The first kappa shape index (κ1) is 25.1. The Labute approximate surface area is 226 Å². The van der Waals surface area contributed by atoms with Crippen LogP contribution in [0.3, 0.4) is 0 Å². The third kappa shape index (κ3) is 5.35. The van der Waals surface area contributed by atoms with Crippen LogP contribution in [0.1, 0.15) is 69.8 Å². The molecule has 0 bridgehead atoms. The molecule has 2 atom stereocenters.